The van der Waals surface area contributed by atoms with E-state index in [1.54, 1.807) is 0 Å². The van der Waals surface area contributed by atoms with Crippen LogP contribution >= 0.6 is 0 Å². The van der Waals surface area contributed by atoms with Crippen molar-refractivity contribution >= 4 is 0 Å². The molecule has 0 amide bonds. The van der Waals surface area contributed by atoms with Gasteiger partial charge in [0, 0.05) is 11.4 Å². The summed E-state index contributed by atoms with van der Waals surface area (Å²) in [7, 11) is 0. The van der Waals surface area contributed by atoms with Gasteiger partial charge < -0.3 is 0 Å². The molecule has 5 heteroatoms. The molecule has 0 radical (unpaired) electrons. The molecule has 0 saturated heterocycles. The predicted octanol–water partition coefficient (Wildman–Crippen LogP) is 6.64. The molecule has 180 valence electrons. The molecule has 0 aliphatic heterocycles. The van der Waals surface area contributed by atoms with E-state index in [-0.39, 0.29) is 34.1 Å². The number of rotatable bonds is 3. The number of hydrogen-bond acceptors (Lipinski definition) is 2. The Morgan fingerprint density at radius 1 is 0.694 bits per heavy atom. The van der Waals surface area contributed by atoms with Crippen molar-refractivity contribution in [2.75, 3.05) is 0 Å². The van der Waals surface area contributed by atoms with Crippen LogP contribution in [0, 0.1) is 11.8 Å². The Hall–Kier alpha value is -3.64. The van der Waals surface area contributed by atoms with E-state index in [9.17, 15) is 0 Å². The van der Waals surface area contributed by atoms with Crippen molar-refractivity contribution in [3.63, 3.8) is 0 Å². The van der Waals surface area contributed by atoms with Crippen LogP contribution in [-0.2, 0) is 40.7 Å². The summed E-state index contributed by atoms with van der Waals surface area (Å²) in [6.45, 7) is 0.652. The third-order valence-electron chi connectivity index (χ3n) is 4.95. The fourth-order valence-corrected chi connectivity index (χ4v) is 3.26. The molecular formula is C31H25Fe2N3. The van der Waals surface area contributed by atoms with Crippen molar-refractivity contribution in [1.82, 2.24) is 15.0 Å². The maximum absolute atomic E-state index is 4.37. The Labute approximate surface area is 234 Å². The van der Waals surface area contributed by atoms with Crippen molar-refractivity contribution < 1.29 is 34.1 Å². The standard InChI is InChI=1S/C21H15N3.2C5H5.2Fe/c1-2-10-18(11-3-1)16-24-20(15-14-17-8-4-5-9-17)21(22-23-24)19-12-6-7-13-19;2*1-2-4-5-3-1;;/h1-13H,16H2;2*1-5H;;/q-2;2*-1;2*+2. The molecule has 3 nitrogen and oxygen atoms in total. The quantitative estimate of drug-likeness (QED) is 0.140. The van der Waals surface area contributed by atoms with Crippen molar-refractivity contribution in [1.29, 1.82) is 0 Å². The maximum Gasteiger partial charge on any atom is 2.00 e. The van der Waals surface area contributed by atoms with Crippen LogP contribution in [0.5, 0.6) is 0 Å². The van der Waals surface area contributed by atoms with Gasteiger partial charge in [-0.05, 0) is 5.56 Å². The summed E-state index contributed by atoms with van der Waals surface area (Å²) in [5.41, 5.74) is 4.88. The van der Waals surface area contributed by atoms with Gasteiger partial charge in [0.2, 0.25) is 0 Å². The van der Waals surface area contributed by atoms with Gasteiger partial charge in [-0.3, -0.25) is 4.68 Å². The maximum atomic E-state index is 4.37. The smallest absolute Gasteiger partial charge is 0.282 e. The molecule has 6 aromatic rings. The molecule has 0 atom stereocenters. The first-order valence-corrected chi connectivity index (χ1v) is 11.2. The van der Waals surface area contributed by atoms with Crippen LogP contribution in [0.1, 0.15) is 16.8 Å². The van der Waals surface area contributed by atoms with Crippen LogP contribution in [0.2, 0.25) is 0 Å². The van der Waals surface area contributed by atoms with Gasteiger partial charge in [0.25, 0.3) is 0 Å². The van der Waals surface area contributed by atoms with Gasteiger partial charge >= 0.3 is 34.1 Å². The Kier molecular flexibility index (Phi) is 12.8. The molecule has 0 fully saturated rings. The van der Waals surface area contributed by atoms with Gasteiger partial charge in [-0.1, -0.05) is 46.7 Å². The fourth-order valence-electron chi connectivity index (χ4n) is 3.26. The molecule has 0 bridgehead atoms. The Morgan fingerprint density at radius 3 is 1.78 bits per heavy atom. The van der Waals surface area contributed by atoms with Crippen LogP contribution in [0.3, 0.4) is 0 Å². The molecule has 1 aromatic heterocycles. The summed E-state index contributed by atoms with van der Waals surface area (Å²) in [6, 6.07) is 46.3. The SMILES string of the molecule is C(#C[c-]1cccc1)c1c(-[c-]2cccc2)nnn1Cc1ccccc1.[Fe+2].[Fe+2].c1cc[cH-]c1.c1cc[cH-]c1. The van der Waals surface area contributed by atoms with Crippen LogP contribution in [0.25, 0.3) is 11.3 Å². The summed E-state index contributed by atoms with van der Waals surface area (Å²) >= 11 is 0. The molecular weight excluding hydrogens is 526 g/mol. The zero-order valence-electron chi connectivity index (χ0n) is 19.5. The van der Waals surface area contributed by atoms with Gasteiger partial charge in [-0.2, -0.15) is 71.7 Å². The molecule has 0 N–H and O–H groups in total. The third kappa shape index (κ3) is 8.86. The van der Waals surface area contributed by atoms with Crippen molar-refractivity contribution in [2.24, 2.45) is 0 Å². The molecule has 0 unspecified atom stereocenters. The van der Waals surface area contributed by atoms with E-state index in [0.29, 0.717) is 6.54 Å². The topological polar surface area (TPSA) is 30.7 Å². The Morgan fingerprint density at radius 2 is 1.25 bits per heavy atom. The summed E-state index contributed by atoms with van der Waals surface area (Å²) < 4.78 is 1.87. The van der Waals surface area contributed by atoms with Crippen LogP contribution in [0.15, 0.2) is 140 Å². The number of aromatic nitrogens is 3. The Bertz CT molecular complexity index is 1290. The largest absolute Gasteiger partial charge is 2.00 e. The first-order valence-electron chi connectivity index (χ1n) is 11.2. The fraction of sp³-hybridized carbons (Fsp3) is 0.0323. The normalized spacial score (nSPS) is 9.11. The van der Waals surface area contributed by atoms with Crippen molar-refractivity contribution in [3.05, 3.63) is 156 Å². The molecule has 1 heterocycles. The van der Waals surface area contributed by atoms with Gasteiger partial charge in [0.1, 0.15) is 0 Å². The zero-order valence-corrected chi connectivity index (χ0v) is 21.7. The van der Waals surface area contributed by atoms with E-state index in [2.05, 4.69) is 34.3 Å². The first-order chi connectivity index (χ1) is 16.9. The van der Waals surface area contributed by atoms with Gasteiger partial charge in [-0.15, -0.1) is 24.3 Å². The van der Waals surface area contributed by atoms with Crippen LogP contribution < -0.4 is 0 Å². The van der Waals surface area contributed by atoms with E-state index in [1.165, 1.54) is 5.56 Å². The van der Waals surface area contributed by atoms with E-state index in [4.69, 9.17) is 0 Å². The van der Waals surface area contributed by atoms with E-state index >= 15 is 0 Å². The average Bonchev–Trinajstić information content (AvgIpc) is 3.73. The number of nitrogens with zero attached hydrogens (tertiary/aromatic N) is 3. The monoisotopic (exact) mass is 551 g/mol. The molecule has 0 spiro atoms. The van der Waals surface area contributed by atoms with Gasteiger partial charge in [0.05, 0.1) is 6.54 Å². The van der Waals surface area contributed by atoms with Crippen LogP contribution in [-0.4, -0.2) is 15.0 Å². The van der Waals surface area contributed by atoms with Gasteiger partial charge in [-0.25, -0.2) is 30.2 Å². The minimum Gasteiger partial charge on any atom is -0.282 e. The molecule has 5 aromatic carbocycles. The molecule has 36 heavy (non-hydrogen) atoms. The predicted molar refractivity (Wildman–Crippen MR) is 139 cm³/mol. The average molecular weight is 551 g/mol. The van der Waals surface area contributed by atoms with Crippen LogP contribution in [0.4, 0.5) is 0 Å². The first kappa shape index (κ1) is 28.6. The van der Waals surface area contributed by atoms with Gasteiger partial charge in [0.15, 0.2) is 0 Å². The summed E-state index contributed by atoms with van der Waals surface area (Å²) in [5, 5.41) is 8.70. The summed E-state index contributed by atoms with van der Waals surface area (Å²) in [4.78, 5) is 0. The number of benzene rings is 1. The summed E-state index contributed by atoms with van der Waals surface area (Å²) in [5.74, 6) is 6.47. The van der Waals surface area contributed by atoms with E-state index < -0.39 is 0 Å². The molecule has 6 rings (SSSR count). The molecule has 0 aliphatic carbocycles. The van der Waals surface area contributed by atoms with E-state index in [0.717, 1.165) is 22.5 Å². The van der Waals surface area contributed by atoms with E-state index in [1.807, 2.05) is 132 Å². The van der Waals surface area contributed by atoms with Crippen molar-refractivity contribution in [3.8, 4) is 23.1 Å². The Balaban J connectivity index is 0.000000317. The minimum atomic E-state index is 0. The second-order valence-electron chi connectivity index (χ2n) is 7.45. The second kappa shape index (κ2) is 16.1. The van der Waals surface area contributed by atoms with Crippen molar-refractivity contribution in [2.45, 2.75) is 6.54 Å². The summed E-state index contributed by atoms with van der Waals surface area (Å²) in [6.07, 6.45) is 0. The molecule has 0 saturated carbocycles. The third-order valence-corrected chi connectivity index (χ3v) is 4.95. The molecule has 0 aliphatic rings. The number of hydrogen-bond donors (Lipinski definition) is 0. The minimum absolute atomic E-state index is 0. The zero-order chi connectivity index (χ0) is 23.3. The second-order valence-corrected chi connectivity index (χ2v) is 7.45.